The second-order valence-corrected chi connectivity index (χ2v) is 7.40. The largest absolute Gasteiger partial charge is 0.469 e. The summed E-state index contributed by atoms with van der Waals surface area (Å²) < 4.78 is 15.4. The molecule has 2 rings (SSSR count). The molecule has 24 heavy (non-hydrogen) atoms. The number of phosphoric acid groups is 1. The van der Waals surface area contributed by atoms with Gasteiger partial charge in [0, 0.05) is 24.4 Å². The van der Waals surface area contributed by atoms with Gasteiger partial charge in [-0.1, -0.05) is 12.1 Å². The second kappa shape index (κ2) is 7.13. The van der Waals surface area contributed by atoms with Gasteiger partial charge in [-0.15, -0.1) is 0 Å². The van der Waals surface area contributed by atoms with Crippen LogP contribution in [0.15, 0.2) is 24.3 Å². The summed E-state index contributed by atoms with van der Waals surface area (Å²) in [5.41, 5.74) is 6.81. The maximum Gasteiger partial charge on any atom is 0.469 e. The van der Waals surface area contributed by atoms with Crippen LogP contribution >= 0.6 is 7.82 Å². The zero-order chi connectivity index (χ0) is 18.0. The quantitative estimate of drug-likeness (QED) is 0.461. The number of rotatable bonds is 5. The number of benzene rings is 1. The monoisotopic (exact) mass is 355 g/mol. The molecule has 1 aliphatic rings. The number of likely N-dealkylation sites (tertiary alicyclic amines) is 1. The summed E-state index contributed by atoms with van der Waals surface area (Å²) in [4.78, 5) is 31.8. The lowest BCUT2D eigenvalue weighted by atomic mass is 9.90. The van der Waals surface area contributed by atoms with E-state index in [4.69, 9.17) is 20.9 Å². The highest BCUT2D eigenvalue weighted by atomic mass is 31.2. The van der Waals surface area contributed by atoms with E-state index in [1.165, 1.54) is 0 Å². The average Bonchev–Trinajstić information content (AvgIpc) is 2.52. The standard InChI is InChI=1S/C15H22N3O5P/c1-11(16)12-3-5-13(6-4-12)14(19)18-8-2-7-15(17,9-18)10-23-24(20,21)22/h3-6,16H,2,7-10,17H2,1H3,(H2,20,21,22). The predicted octanol–water partition coefficient (Wildman–Crippen LogP) is 1.12. The molecule has 0 aromatic heterocycles. The van der Waals surface area contributed by atoms with E-state index < -0.39 is 13.4 Å². The van der Waals surface area contributed by atoms with Crippen LogP contribution in [0.2, 0.25) is 0 Å². The van der Waals surface area contributed by atoms with Crippen molar-refractivity contribution in [2.75, 3.05) is 19.7 Å². The van der Waals surface area contributed by atoms with E-state index in [1.54, 1.807) is 36.1 Å². The molecule has 9 heteroatoms. The highest BCUT2D eigenvalue weighted by molar-refractivity contribution is 7.46. The Bertz CT molecular complexity index is 672. The lowest BCUT2D eigenvalue weighted by Crippen LogP contribution is -2.58. The number of nitrogens with two attached hydrogens (primary N) is 1. The van der Waals surface area contributed by atoms with Gasteiger partial charge in [0.2, 0.25) is 0 Å². The minimum absolute atomic E-state index is 0.164. The van der Waals surface area contributed by atoms with E-state index >= 15 is 0 Å². The molecular weight excluding hydrogens is 333 g/mol. The lowest BCUT2D eigenvalue weighted by Gasteiger charge is -2.40. The third-order valence-electron chi connectivity index (χ3n) is 3.98. The fourth-order valence-electron chi connectivity index (χ4n) is 2.71. The van der Waals surface area contributed by atoms with Crippen LogP contribution < -0.4 is 5.73 Å². The first-order valence-corrected chi connectivity index (χ1v) is 9.07. The first-order valence-electron chi connectivity index (χ1n) is 7.53. The molecule has 5 N–H and O–H groups in total. The zero-order valence-electron chi connectivity index (χ0n) is 13.4. The molecular formula is C15H22N3O5P. The van der Waals surface area contributed by atoms with Crippen molar-refractivity contribution in [3.63, 3.8) is 0 Å². The molecule has 1 fully saturated rings. The second-order valence-electron chi connectivity index (χ2n) is 6.16. The van der Waals surface area contributed by atoms with E-state index in [1.807, 2.05) is 0 Å². The van der Waals surface area contributed by atoms with Crippen molar-refractivity contribution in [1.29, 1.82) is 5.41 Å². The van der Waals surface area contributed by atoms with Crippen LogP contribution in [0.25, 0.3) is 0 Å². The maximum absolute atomic E-state index is 12.6. The molecule has 132 valence electrons. The molecule has 1 amide bonds. The maximum atomic E-state index is 12.6. The molecule has 8 nitrogen and oxygen atoms in total. The van der Waals surface area contributed by atoms with Gasteiger partial charge in [0.15, 0.2) is 0 Å². The van der Waals surface area contributed by atoms with Crippen molar-refractivity contribution >= 4 is 19.4 Å². The van der Waals surface area contributed by atoms with Crippen LogP contribution in [0.5, 0.6) is 0 Å². The fourth-order valence-corrected chi connectivity index (χ4v) is 3.13. The summed E-state index contributed by atoms with van der Waals surface area (Å²) in [6.07, 6.45) is 1.15. The van der Waals surface area contributed by atoms with E-state index in [-0.39, 0.29) is 19.1 Å². The van der Waals surface area contributed by atoms with Gasteiger partial charge >= 0.3 is 7.82 Å². The van der Waals surface area contributed by atoms with Crippen molar-refractivity contribution in [2.24, 2.45) is 5.73 Å². The zero-order valence-corrected chi connectivity index (χ0v) is 14.3. The highest BCUT2D eigenvalue weighted by Gasteiger charge is 2.36. The molecule has 0 aliphatic carbocycles. The van der Waals surface area contributed by atoms with Crippen molar-refractivity contribution < 1.29 is 23.7 Å². The Morgan fingerprint density at radius 2 is 1.96 bits per heavy atom. The average molecular weight is 355 g/mol. The van der Waals surface area contributed by atoms with Crippen molar-refractivity contribution in [3.05, 3.63) is 35.4 Å². The number of carbonyl (C=O) groups is 1. The first kappa shape index (κ1) is 18.8. The van der Waals surface area contributed by atoms with E-state index in [0.717, 1.165) is 5.56 Å². The molecule has 0 radical (unpaired) electrons. The van der Waals surface area contributed by atoms with Crippen molar-refractivity contribution in [2.45, 2.75) is 25.3 Å². The summed E-state index contributed by atoms with van der Waals surface area (Å²) in [7, 11) is -4.59. The minimum atomic E-state index is -4.59. The lowest BCUT2D eigenvalue weighted by molar-refractivity contribution is 0.0550. The summed E-state index contributed by atoms with van der Waals surface area (Å²) in [5, 5.41) is 7.57. The normalized spacial score (nSPS) is 21.6. The van der Waals surface area contributed by atoms with Crippen LogP contribution in [0, 0.1) is 5.41 Å². The number of nitrogens with zero attached hydrogens (tertiary/aromatic N) is 1. The summed E-state index contributed by atoms with van der Waals surface area (Å²) in [5.74, 6) is -0.199. The van der Waals surface area contributed by atoms with E-state index in [0.29, 0.717) is 30.7 Å². The van der Waals surface area contributed by atoms with Gasteiger partial charge in [-0.2, -0.15) is 0 Å². The number of nitrogens with one attached hydrogen (secondary N) is 1. The molecule has 0 bridgehead atoms. The number of hydrogen-bond donors (Lipinski definition) is 4. The Kier molecular flexibility index (Phi) is 5.57. The molecule has 1 saturated heterocycles. The first-order chi connectivity index (χ1) is 11.1. The third-order valence-corrected chi connectivity index (χ3v) is 4.45. The van der Waals surface area contributed by atoms with Crippen LogP contribution in [0.4, 0.5) is 0 Å². The van der Waals surface area contributed by atoms with Crippen molar-refractivity contribution in [3.8, 4) is 0 Å². The number of phosphoric ester groups is 1. The Hall–Kier alpha value is -1.57. The highest BCUT2D eigenvalue weighted by Crippen LogP contribution is 2.37. The van der Waals surface area contributed by atoms with Crippen LogP contribution in [-0.4, -0.2) is 51.5 Å². The van der Waals surface area contributed by atoms with Crippen LogP contribution in [0.3, 0.4) is 0 Å². The summed E-state index contributed by atoms with van der Waals surface area (Å²) >= 11 is 0. The van der Waals surface area contributed by atoms with Gasteiger partial charge in [-0.25, -0.2) is 4.57 Å². The minimum Gasteiger partial charge on any atom is -0.337 e. The SMILES string of the molecule is CC(=N)c1ccc(C(=O)N2CCCC(N)(COP(=O)(O)O)C2)cc1. The molecule has 0 spiro atoms. The molecule has 1 aromatic carbocycles. The molecule has 1 atom stereocenters. The number of piperidine rings is 1. The Morgan fingerprint density at radius 1 is 1.38 bits per heavy atom. The van der Waals surface area contributed by atoms with Gasteiger partial charge in [0.1, 0.15) is 0 Å². The van der Waals surface area contributed by atoms with Gasteiger partial charge in [-0.3, -0.25) is 9.32 Å². The van der Waals surface area contributed by atoms with Crippen molar-refractivity contribution in [1.82, 2.24) is 4.90 Å². The molecule has 0 saturated carbocycles. The summed E-state index contributed by atoms with van der Waals surface area (Å²) in [6, 6.07) is 6.75. The molecule has 1 heterocycles. The smallest absolute Gasteiger partial charge is 0.337 e. The van der Waals surface area contributed by atoms with Crippen LogP contribution in [0.1, 0.15) is 35.7 Å². The Balaban J connectivity index is 2.06. The topological polar surface area (TPSA) is 137 Å². The molecule has 1 aliphatic heterocycles. The Labute approximate surface area is 140 Å². The predicted molar refractivity (Wildman–Crippen MR) is 89.0 cm³/mol. The van der Waals surface area contributed by atoms with Gasteiger partial charge in [-0.05, 0) is 37.5 Å². The van der Waals surface area contributed by atoms with Crippen LogP contribution in [-0.2, 0) is 9.09 Å². The van der Waals surface area contributed by atoms with E-state index in [9.17, 15) is 9.36 Å². The van der Waals surface area contributed by atoms with Gasteiger partial charge in [0.05, 0.1) is 12.1 Å². The summed E-state index contributed by atoms with van der Waals surface area (Å²) in [6.45, 7) is 2.05. The van der Waals surface area contributed by atoms with Gasteiger partial charge in [0.25, 0.3) is 5.91 Å². The number of amides is 1. The van der Waals surface area contributed by atoms with E-state index in [2.05, 4.69) is 4.52 Å². The third kappa shape index (κ3) is 4.96. The molecule has 1 unspecified atom stereocenters. The number of carbonyl (C=O) groups excluding carboxylic acids is 1. The Morgan fingerprint density at radius 3 is 2.50 bits per heavy atom. The number of hydrogen-bond acceptors (Lipinski definition) is 5. The molecule has 1 aromatic rings. The fraction of sp³-hybridized carbons (Fsp3) is 0.467. The van der Waals surface area contributed by atoms with Gasteiger partial charge < -0.3 is 25.8 Å².